The van der Waals surface area contributed by atoms with Crippen LogP contribution in [0.4, 0.5) is 11.5 Å². The van der Waals surface area contributed by atoms with E-state index in [1.807, 2.05) is 6.20 Å². The number of para-hydroxylation sites is 1. The Morgan fingerprint density at radius 2 is 2.17 bits per heavy atom. The second kappa shape index (κ2) is 4.42. The number of nitrogens with two attached hydrogens (primary N) is 1. The lowest BCUT2D eigenvalue weighted by atomic mass is 10.1. The fourth-order valence-corrected chi connectivity index (χ4v) is 2.51. The summed E-state index contributed by atoms with van der Waals surface area (Å²) in [6.45, 7) is 3.65. The van der Waals surface area contributed by atoms with Gasteiger partial charge >= 0.3 is 0 Å². The molecule has 1 aromatic carbocycles. The van der Waals surface area contributed by atoms with Gasteiger partial charge in [0.05, 0.1) is 0 Å². The van der Waals surface area contributed by atoms with Crippen LogP contribution in [0.2, 0.25) is 0 Å². The van der Waals surface area contributed by atoms with Gasteiger partial charge in [0, 0.05) is 25.0 Å². The highest BCUT2D eigenvalue weighted by molar-refractivity contribution is 5.67. The predicted octanol–water partition coefficient (Wildman–Crippen LogP) is 2.54. The molecule has 0 fully saturated rings. The molecule has 0 radical (unpaired) electrons. The molecule has 0 saturated heterocycles. The van der Waals surface area contributed by atoms with Crippen LogP contribution in [0.3, 0.4) is 0 Å². The Bertz CT molecular complexity index is 578. The summed E-state index contributed by atoms with van der Waals surface area (Å²) < 4.78 is 0. The fourth-order valence-electron chi connectivity index (χ4n) is 2.51. The average molecular weight is 239 g/mol. The topological polar surface area (TPSA) is 42.2 Å². The van der Waals surface area contributed by atoms with Crippen LogP contribution >= 0.6 is 0 Å². The van der Waals surface area contributed by atoms with Crippen molar-refractivity contribution in [3.8, 4) is 0 Å². The molecule has 92 valence electrons. The van der Waals surface area contributed by atoms with Gasteiger partial charge in [0.2, 0.25) is 0 Å². The zero-order chi connectivity index (χ0) is 12.5. The average Bonchev–Trinajstić information content (AvgIpc) is 2.82. The maximum absolute atomic E-state index is 5.68. The molecule has 1 aliphatic heterocycles. The summed E-state index contributed by atoms with van der Waals surface area (Å²) in [6.07, 6.45) is 2.99. The van der Waals surface area contributed by atoms with Crippen LogP contribution in [0.25, 0.3) is 0 Å². The number of rotatable bonds is 2. The van der Waals surface area contributed by atoms with E-state index in [1.165, 1.54) is 16.8 Å². The largest absolute Gasteiger partial charge is 0.326 e. The first-order valence-corrected chi connectivity index (χ1v) is 6.30. The molecule has 0 unspecified atom stereocenters. The Kier molecular flexibility index (Phi) is 2.76. The van der Waals surface area contributed by atoms with E-state index in [4.69, 9.17) is 5.73 Å². The van der Waals surface area contributed by atoms with Gasteiger partial charge in [-0.1, -0.05) is 18.2 Å². The van der Waals surface area contributed by atoms with Crippen molar-refractivity contribution in [2.24, 2.45) is 5.73 Å². The number of benzene rings is 1. The number of aromatic nitrogens is 1. The maximum atomic E-state index is 5.68. The molecule has 0 spiro atoms. The standard InChI is InChI=1S/C15H17N3/c1-11-8-15(17-10-13(11)9-16)18-7-6-12-4-2-3-5-14(12)18/h2-5,8,10H,6-7,9,16H2,1H3. The van der Waals surface area contributed by atoms with Crippen LogP contribution in [-0.4, -0.2) is 11.5 Å². The summed E-state index contributed by atoms with van der Waals surface area (Å²) in [5, 5.41) is 0. The van der Waals surface area contributed by atoms with E-state index in [-0.39, 0.29) is 0 Å². The molecular formula is C15H17N3. The van der Waals surface area contributed by atoms with Crippen molar-refractivity contribution in [1.29, 1.82) is 0 Å². The van der Waals surface area contributed by atoms with Gasteiger partial charge in [-0.2, -0.15) is 0 Å². The normalized spacial score (nSPS) is 13.8. The first-order chi connectivity index (χ1) is 8.79. The molecule has 0 amide bonds. The van der Waals surface area contributed by atoms with Gasteiger partial charge in [0.15, 0.2) is 0 Å². The smallest absolute Gasteiger partial charge is 0.133 e. The van der Waals surface area contributed by atoms with Crippen LogP contribution < -0.4 is 10.6 Å². The molecule has 0 aliphatic carbocycles. The van der Waals surface area contributed by atoms with Crippen molar-refractivity contribution in [1.82, 2.24) is 4.98 Å². The second-order valence-corrected chi connectivity index (χ2v) is 4.70. The van der Waals surface area contributed by atoms with Crippen LogP contribution in [-0.2, 0) is 13.0 Å². The summed E-state index contributed by atoms with van der Waals surface area (Å²) in [7, 11) is 0. The van der Waals surface area contributed by atoms with E-state index >= 15 is 0 Å². The lowest BCUT2D eigenvalue weighted by Crippen LogP contribution is -2.15. The summed E-state index contributed by atoms with van der Waals surface area (Å²) in [5.74, 6) is 1.02. The number of aryl methyl sites for hydroxylation is 1. The first kappa shape index (κ1) is 11.2. The lowest BCUT2D eigenvalue weighted by molar-refractivity contribution is 0.956. The molecule has 3 rings (SSSR count). The number of nitrogens with zero attached hydrogens (tertiary/aromatic N) is 2. The first-order valence-electron chi connectivity index (χ1n) is 6.30. The Labute approximate surface area is 107 Å². The molecule has 0 atom stereocenters. The maximum Gasteiger partial charge on any atom is 0.133 e. The zero-order valence-electron chi connectivity index (χ0n) is 10.6. The second-order valence-electron chi connectivity index (χ2n) is 4.70. The van der Waals surface area contributed by atoms with E-state index in [0.29, 0.717) is 6.54 Å². The van der Waals surface area contributed by atoms with Crippen molar-refractivity contribution in [3.63, 3.8) is 0 Å². The highest BCUT2D eigenvalue weighted by atomic mass is 15.2. The molecule has 2 aromatic rings. The number of hydrogen-bond donors (Lipinski definition) is 1. The number of hydrogen-bond acceptors (Lipinski definition) is 3. The summed E-state index contributed by atoms with van der Waals surface area (Å²) >= 11 is 0. The molecule has 0 saturated carbocycles. The van der Waals surface area contributed by atoms with Crippen LogP contribution in [0.5, 0.6) is 0 Å². The van der Waals surface area contributed by atoms with Gasteiger partial charge in [0.25, 0.3) is 0 Å². The van der Waals surface area contributed by atoms with Gasteiger partial charge in [-0.15, -0.1) is 0 Å². The van der Waals surface area contributed by atoms with E-state index in [0.717, 1.165) is 24.3 Å². The Hall–Kier alpha value is -1.87. The van der Waals surface area contributed by atoms with Crippen molar-refractivity contribution >= 4 is 11.5 Å². The molecule has 1 aliphatic rings. The van der Waals surface area contributed by atoms with Gasteiger partial charge in [-0.25, -0.2) is 4.98 Å². The van der Waals surface area contributed by atoms with Crippen LogP contribution in [0, 0.1) is 6.92 Å². The molecular weight excluding hydrogens is 222 g/mol. The van der Waals surface area contributed by atoms with Crippen molar-refractivity contribution in [2.75, 3.05) is 11.4 Å². The summed E-state index contributed by atoms with van der Waals surface area (Å²) in [4.78, 5) is 6.82. The number of fused-ring (bicyclic) bond motifs is 1. The highest BCUT2D eigenvalue weighted by Crippen LogP contribution is 2.33. The van der Waals surface area contributed by atoms with E-state index in [1.54, 1.807) is 0 Å². The van der Waals surface area contributed by atoms with Gasteiger partial charge in [0.1, 0.15) is 5.82 Å². The minimum absolute atomic E-state index is 0.551. The Morgan fingerprint density at radius 1 is 1.33 bits per heavy atom. The lowest BCUT2D eigenvalue weighted by Gasteiger charge is -2.19. The Balaban J connectivity index is 2.00. The highest BCUT2D eigenvalue weighted by Gasteiger charge is 2.20. The Morgan fingerprint density at radius 3 is 2.94 bits per heavy atom. The number of pyridine rings is 1. The van der Waals surface area contributed by atoms with Gasteiger partial charge in [-0.3, -0.25) is 0 Å². The molecule has 0 bridgehead atoms. The third-order valence-electron chi connectivity index (χ3n) is 3.59. The minimum atomic E-state index is 0.551. The van der Waals surface area contributed by atoms with Gasteiger partial charge in [-0.05, 0) is 42.2 Å². The van der Waals surface area contributed by atoms with Gasteiger partial charge < -0.3 is 10.6 Å². The summed E-state index contributed by atoms with van der Waals surface area (Å²) in [5.41, 5.74) is 10.7. The fraction of sp³-hybridized carbons (Fsp3) is 0.267. The third kappa shape index (κ3) is 1.77. The summed E-state index contributed by atoms with van der Waals surface area (Å²) in [6, 6.07) is 10.7. The predicted molar refractivity (Wildman–Crippen MR) is 74.0 cm³/mol. The molecule has 2 N–H and O–H groups in total. The molecule has 1 aromatic heterocycles. The van der Waals surface area contributed by atoms with E-state index in [2.05, 4.69) is 47.1 Å². The van der Waals surface area contributed by atoms with Crippen molar-refractivity contribution < 1.29 is 0 Å². The third-order valence-corrected chi connectivity index (χ3v) is 3.59. The van der Waals surface area contributed by atoms with Crippen LogP contribution in [0.1, 0.15) is 16.7 Å². The van der Waals surface area contributed by atoms with E-state index in [9.17, 15) is 0 Å². The van der Waals surface area contributed by atoms with E-state index < -0.39 is 0 Å². The molecule has 3 heteroatoms. The van der Waals surface area contributed by atoms with Crippen molar-refractivity contribution in [2.45, 2.75) is 19.9 Å². The monoisotopic (exact) mass is 239 g/mol. The number of anilines is 2. The SMILES string of the molecule is Cc1cc(N2CCc3ccccc32)ncc1CN. The van der Waals surface area contributed by atoms with Crippen LogP contribution in [0.15, 0.2) is 36.5 Å². The minimum Gasteiger partial charge on any atom is -0.326 e. The quantitative estimate of drug-likeness (QED) is 0.875. The molecule has 3 nitrogen and oxygen atoms in total. The van der Waals surface area contributed by atoms with Crippen molar-refractivity contribution in [3.05, 3.63) is 53.2 Å². The molecule has 18 heavy (non-hydrogen) atoms. The molecule has 2 heterocycles. The zero-order valence-corrected chi connectivity index (χ0v) is 10.6.